The van der Waals surface area contributed by atoms with Gasteiger partial charge in [0.2, 0.25) is 11.8 Å². The number of carbonyl (C=O) groups excluding carboxylic acids is 1. The van der Waals surface area contributed by atoms with Crippen LogP contribution in [-0.4, -0.2) is 16.1 Å². The van der Waals surface area contributed by atoms with Gasteiger partial charge in [0.15, 0.2) is 0 Å². The fourth-order valence-electron chi connectivity index (χ4n) is 2.75. The summed E-state index contributed by atoms with van der Waals surface area (Å²) >= 11 is 0. The first-order chi connectivity index (χ1) is 13.7. The van der Waals surface area contributed by atoms with Gasteiger partial charge in [-0.1, -0.05) is 42.5 Å². The Bertz CT molecular complexity index is 1090. The average Bonchev–Trinajstić information content (AvgIpc) is 3.19. The van der Waals surface area contributed by atoms with Crippen LogP contribution in [0, 0.1) is 5.82 Å². The Morgan fingerprint density at radius 3 is 2.36 bits per heavy atom. The van der Waals surface area contributed by atoms with E-state index in [-0.39, 0.29) is 5.56 Å². The predicted octanol–water partition coefficient (Wildman–Crippen LogP) is 4.72. The van der Waals surface area contributed by atoms with Gasteiger partial charge in [-0.25, -0.2) is 4.39 Å². The number of nitrogens with one attached hydrogen (secondary N) is 1. The van der Waals surface area contributed by atoms with Crippen LogP contribution >= 0.6 is 0 Å². The van der Waals surface area contributed by atoms with Crippen molar-refractivity contribution in [2.45, 2.75) is 6.42 Å². The molecule has 0 bridgehead atoms. The Hall–Kier alpha value is -3.80. The van der Waals surface area contributed by atoms with Crippen molar-refractivity contribution >= 4 is 11.6 Å². The van der Waals surface area contributed by atoms with E-state index in [1.807, 2.05) is 42.5 Å². The molecular formula is C22H16FN3O2. The van der Waals surface area contributed by atoms with Gasteiger partial charge in [-0.3, -0.25) is 4.79 Å². The average molecular weight is 373 g/mol. The maximum absolute atomic E-state index is 13.7. The standard InChI is InChI=1S/C22H16FN3O2/c23-19-9-5-4-8-18(19)21(27)24-17-12-10-15(11-13-17)14-20-25-26-22(28-20)16-6-2-1-3-7-16/h1-13H,14H2,(H,24,27). The highest BCUT2D eigenvalue weighted by atomic mass is 19.1. The lowest BCUT2D eigenvalue weighted by Gasteiger charge is -2.06. The van der Waals surface area contributed by atoms with Gasteiger partial charge in [0.25, 0.3) is 5.91 Å². The Balaban J connectivity index is 1.42. The van der Waals surface area contributed by atoms with Crippen LogP contribution in [0.15, 0.2) is 83.3 Å². The van der Waals surface area contributed by atoms with Crippen molar-refractivity contribution in [3.8, 4) is 11.5 Å². The van der Waals surface area contributed by atoms with E-state index >= 15 is 0 Å². The molecule has 0 aliphatic carbocycles. The highest BCUT2D eigenvalue weighted by Gasteiger charge is 2.12. The molecule has 5 nitrogen and oxygen atoms in total. The zero-order valence-electron chi connectivity index (χ0n) is 14.8. The smallest absolute Gasteiger partial charge is 0.258 e. The molecule has 0 aliphatic heterocycles. The maximum Gasteiger partial charge on any atom is 0.258 e. The van der Waals surface area contributed by atoms with Crippen LogP contribution in [0.3, 0.4) is 0 Å². The van der Waals surface area contributed by atoms with Crippen molar-refractivity contribution in [3.63, 3.8) is 0 Å². The van der Waals surface area contributed by atoms with Crippen LogP contribution in [0.4, 0.5) is 10.1 Å². The summed E-state index contributed by atoms with van der Waals surface area (Å²) in [6.45, 7) is 0. The Morgan fingerprint density at radius 2 is 1.61 bits per heavy atom. The Kier molecular flexibility index (Phi) is 4.93. The van der Waals surface area contributed by atoms with Gasteiger partial charge in [0.05, 0.1) is 12.0 Å². The second kappa shape index (κ2) is 7.84. The molecule has 0 radical (unpaired) electrons. The van der Waals surface area contributed by atoms with Crippen molar-refractivity contribution in [2.24, 2.45) is 0 Å². The normalized spacial score (nSPS) is 10.6. The van der Waals surface area contributed by atoms with E-state index in [0.717, 1.165) is 11.1 Å². The van der Waals surface area contributed by atoms with Crippen molar-refractivity contribution in [1.82, 2.24) is 10.2 Å². The van der Waals surface area contributed by atoms with E-state index in [9.17, 15) is 9.18 Å². The molecule has 0 saturated heterocycles. The number of hydrogen-bond donors (Lipinski definition) is 1. The minimum absolute atomic E-state index is 0.00544. The highest BCUT2D eigenvalue weighted by molar-refractivity contribution is 6.04. The third kappa shape index (κ3) is 3.96. The van der Waals surface area contributed by atoms with E-state index in [4.69, 9.17) is 4.42 Å². The van der Waals surface area contributed by atoms with Crippen molar-refractivity contribution in [1.29, 1.82) is 0 Å². The van der Waals surface area contributed by atoms with Crippen LogP contribution in [0.1, 0.15) is 21.8 Å². The number of nitrogens with zero attached hydrogens (tertiary/aromatic N) is 2. The number of rotatable bonds is 5. The summed E-state index contributed by atoms with van der Waals surface area (Å²) in [6.07, 6.45) is 0.474. The molecule has 138 valence electrons. The number of amides is 1. The van der Waals surface area contributed by atoms with E-state index < -0.39 is 11.7 Å². The van der Waals surface area contributed by atoms with Crippen LogP contribution in [0.25, 0.3) is 11.5 Å². The first kappa shape index (κ1) is 17.6. The second-order valence-corrected chi connectivity index (χ2v) is 6.17. The fraction of sp³-hybridized carbons (Fsp3) is 0.0455. The van der Waals surface area contributed by atoms with Gasteiger partial charge in [-0.05, 0) is 42.0 Å². The molecule has 4 aromatic rings. The van der Waals surface area contributed by atoms with Gasteiger partial charge in [-0.2, -0.15) is 0 Å². The minimum atomic E-state index is -0.553. The van der Waals surface area contributed by atoms with E-state index in [1.54, 1.807) is 24.3 Å². The monoisotopic (exact) mass is 373 g/mol. The zero-order valence-corrected chi connectivity index (χ0v) is 14.8. The third-order valence-electron chi connectivity index (χ3n) is 4.17. The van der Waals surface area contributed by atoms with Gasteiger partial charge in [-0.15, -0.1) is 10.2 Å². The molecular weight excluding hydrogens is 357 g/mol. The fourth-order valence-corrected chi connectivity index (χ4v) is 2.75. The zero-order chi connectivity index (χ0) is 19.3. The number of halogens is 1. The highest BCUT2D eigenvalue weighted by Crippen LogP contribution is 2.19. The lowest BCUT2D eigenvalue weighted by molar-refractivity contribution is 0.102. The Labute approximate surface area is 160 Å². The molecule has 3 aromatic carbocycles. The summed E-state index contributed by atoms with van der Waals surface area (Å²) in [4.78, 5) is 12.2. The molecule has 0 unspecified atom stereocenters. The predicted molar refractivity (Wildman–Crippen MR) is 103 cm³/mol. The summed E-state index contributed by atoms with van der Waals surface area (Å²) in [5.41, 5.74) is 2.40. The first-order valence-corrected chi connectivity index (χ1v) is 8.72. The summed E-state index contributed by atoms with van der Waals surface area (Å²) in [5, 5.41) is 10.8. The van der Waals surface area contributed by atoms with Crippen LogP contribution in [-0.2, 0) is 6.42 Å². The maximum atomic E-state index is 13.7. The quantitative estimate of drug-likeness (QED) is 0.550. The third-order valence-corrected chi connectivity index (χ3v) is 4.17. The number of benzene rings is 3. The van der Waals surface area contributed by atoms with Crippen LogP contribution in [0.2, 0.25) is 0 Å². The molecule has 1 aromatic heterocycles. The van der Waals surface area contributed by atoms with Gasteiger partial charge in [0.1, 0.15) is 5.82 Å². The molecule has 4 rings (SSSR count). The molecule has 0 saturated carbocycles. The van der Waals surface area contributed by atoms with Gasteiger partial charge < -0.3 is 9.73 Å². The summed E-state index contributed by atoms with van der Waals surface area (Å²) in [6, 6.07) is 22.6. The lowest BCUT2D eigenvalue weighted by Crippen LogP contribution is -2.13. The van der Waals surface area contributed by atoms with Gasteiger partial charge >= 0.3 is 0 Å². The first-order valence-electron chi connectivity index (χ1n) is 8.72. The van der Waals surface area contributed by atoms with E-state index in [2.05, 4.69) is 15.5 Å². The molecule has 1 heterocycles. The molecule has 0 atom stereocenters. The summed E-state index contributed by atoms with van der Waals surface area (Å²) in [5.74, 6) is -0.0659. The van der Waals surface area contributed by atoms with Crippen LogP contribution in [0.5, 0.6) is 0 Å². The molecule has 28 heavy (non-hydrogen) atoms. The number of carbonyl (C=O) groups is 1. The van der Waals surface area contributed by atoms with E-state index in [1.165, 1.54) is 12.1 Å². The van der Waals surface area contributed by atoms with Crippen molar-refractivity contribution < 1.29 is 13.6 Å². The summed E-state index contributed by atoms with van der Waals surface area (Å²) < 4.78 is 19.4. The van der Waals surface area contributed by atoms with Crippen molar-refractivity contribution in [3.05, 3.63) is 102 Å². The van der Waals surface area contributed by atoms with Crippen LogP contribution < -0.4 is 5.32 Å². The summed E-state index contributed by atoms with van der Waals surface area (Å²) in [7, 11) is 0. The second-order valence-electron chi connectivity index (χ2n) is 6.17. The molecule has 1 amide bonds. The molecule has 0 fully saturated rings. The molecule has 1 N–H and O–H groups in total. The number of aromatic nitrogens is 2. The van der Waals surface area contributed by atoms with Crippen molar-refractivity contribution in [2.75, 3.05) is 5.32 Å². The number of anilines is 1. The molecule has 0 aliphatic rings. The molecule has 6 heteroatoms. The van der Waals surface area contributed by atoms with Gasteiger partial charge in [0, 0.05) is 11.3 Å². The lowest BCUT2D eigenvalue weighted by atomic mass is 10.1. The Morgan fingerprint density at radius 1 is 0.893 bits per heavy atom. The topological polar surface area (TPSA) is 68.0 Å². The SMILES string of the molecule is O=C(Nc1ccc(Cc2nnc(-c3ccccc3)o2)cc1)c1ccccc1F. The largest absolute Gasteiger partial charge is 0.420 e. The minimum Gasteiger partial charge on any atom is -0.420 e. The van der Waals surface area contributed by atoms with E-state index in [0.29, 0.717) is 23.9 Å². The molecule has 0 spiro atoms. The number of hydrogen-bond acceptors (Lipinski definition) is 4.